The molecule has 0 spiro atoms. The summed E-state index contributed by atoms with van der Waals surface area (Å²) in [6.07, 6.45) is -1.83. The van der Waals surface area contributed by atoms with Crippen LogP contribution in [0.25, 0.3) is 0 Å². The third kappa shape index (κ3) is 2.49. The molecule has 0 bridgehead atoms. The Morgan fingerprint density at radius 2 is 2.21 bits per heavy atom. The lowest BCUT2D eigenvalue weighted by Crippen LogP contribution is -2.52. The number of aldehydes is 1. The third-order valence-electron chi connectivity index (χ3n) is 2.22. The third-order valence-corrected chi connectivity index (χ3v) is 2.22. The van der Waals surface area contributed by atoms with Crippen LogP contribution in [0.1, 0.15) is 20.3 Å². The van der Waals surface area contributed by atoms with Gasteiger partial charge >= 0.3 is 0 Å². The second kappa shape index (κ2) is 5.02. The molecule has 0 heterocycles. The van der Waals surface area contributed by atoms with E-state index in [2.05, 4.69) is 0 Å². The molecule has 1 N–H and O–H groups in total. The summed E-state index contributed by atoms with van der Waals surface area (Å²) in [6.45, 7) is 2.67. The van der Waals surface area contributed by atoms with Gasteiger partial charge in [-0.05, 0) is 6.92 Å². The zero-order chi connectivity index (χ0) is 11.4. The topological polar surface area (TPSA) is 89.7 Å². The van der Waals surface area contributed by atoms with E-state index >= 15 is 0 Å². The Labute approximate surface area is 82.0 Å². The first kappa shape index (κ1) is 13.0. The predicted molar refractivity (Wildman–Crippen MR) is 48.6 cm³/mol. The van der Waals surface area contributed by atoms with Crippen molar-refractivity contribution in [1.82, 2.24) is 0 Å². The van der Waals surface area contributed by atoms with Crippen molar-refractivity contribution in [3.05, 3.63) is 10.1 Å². The van der Waals surface area contributed by atoms with Gasteiger partial charge in [0.05, 0.1) is 12.5 Å². The lowest BCUT2D eigenvalue weighted by molar-refractivity contribution is -0.579. The number of ether oxygens (including phenoxy) is 1. The maximum absolute atomic E-state index is 10.8. The number of hydrogen-bond donors (Lipinski definition) is 1. The van der Waals surface area contributed by atoms with E-state index in [4.69, 9.17) is 4.74 Å². The molecule has 82 valence electrons. The molecule has 0 aliphatic rings. The smallest absolute Gasteiger partial charge is 0.254 e. The highest BCUT2D eigenvalue weighted by Crippen LogP contribution is 2.23. The number of rotatable bonds is 6. The van der Waals surface area contributed by atoms with Crippen LogP contribution in [-0.4, -0.2) is 41.2 Å². The van der Waals surface area contributed by atoms with E-state index in [1.807, 2.05) is 0 Å². The number of hydrogen-bond acceptors (Lipinski definition) is 5. The van der Waals surface area contributed by atoms with Crippen molar-refractivity contribution < 1.29 is 19.6 Å². The average Bonchev–Trinajstić information content (AvgIpc) is 2.04. The molecule has 14 heavy (non-hydrogen) atoms. The van der Waals surface area contributed by atoms with Crippen molar-refractivity contribution in [2.75, 3.05) is 7.11 Å². The quantitative estimate of drug-likeness (QED) is 0.374. The van der Waals surface area contributed by atoms with E-state index < -0.39 is 22.7 Å². The van der Waals surface area contributed by atoms with Crippen molar-refractivity contribution in [1.29, 1.82) is 0 Å². The van der Waals surface area contributed by atoms with Gasteiger partial charge in [-0.2, -0.15) is 0 Å². The highest BCUT2D eigenvalue weighted by molar-refractivity contribution is 5.51. The summed E-state index contributed by atoms with van der Waals surface area (Å²) in [5.74, 6) is 0. The predicted octanol–water partition coefficient (Wildman–Crippen LogP) is 0.00660. The number of aliphatic hydroxyl groups is 1. The van der Waals surface area contributed by atoms with Gasteiger partial charge in [0.15, 0.2) is 6.10 Å². The molecule has 0 aromatic heterocycles. The molecule has 0 aliphatic carbocycles. The molecule has 0 unspecified atom stereocenters. The monoisotopic (exact) mass is 205 g/mol. The normalized spacial score (nSPS) is 19.4. The van der Waals surface area contributed by atoms with Crippen LogP contribution in [0.3, 0.4) is 0 Å². The van der Waals surface area contributed by atoms with Gasteiger partial charge in [-0.3, -0.25) is 10.1 Å². The van der Waals surface area contributed by atoms with Crippen molar-refractivity contribution >= 4 is 6.29 Å². The van der Waals surface area contributed by atoms with Gasteiger partial charge in [-0.25, -0.2) is 0 Å². The molecule has 0 rings (SSSR count). The van der Waals surface area contributed by atoms with E-state index in [9.17, 15) is 20.0 Å². The molecule has 0 radical (unpaired) electrons. The maximum Gasteiger partial charge on any atom is 0.254 e. The molecule has 0 aromatic carbocycles. The highest BCUT2D eigenvalue weighted by atomic mass is 16.6. The number of carbonyl (C=O) groups excluding carboxylic acids is 1. The summed E-state index contributed by atoms with van der Waals surface area (Å²) in [5.41, 5.74) is -1.58. The fourth-order valence-corrected chi connectivity index (χ4v) is 1.43. The minimum absolute atomic E-state index is 0.288. The minimum atomic E-state index is -1.58. The Morgan fingerprint density at radius 3 is 2.43 bits per heavy atom. The van der Waals surface area contributed by atoms with Crippen LogP contribution in [0.5, 0.6) is 0 Å². The Morgan fingerprint density at radius 1 is 1.71 bits per heavy atom. The Kier molecular flexibility index (Phi) is 4.65. The molecular weight excluding hydrogens is 190 g/mol. The standard InChI is InChI=1S/C8H15NO5/c1-6(11)7(14-3)8(2,4-5-10)9(12)13/h5-7,11H,4H2,1-3H3/t6-,7+,8+/m1/s1. The average molecular weight is 205 g/mol. The van der Waals surface area contributed by atoms with Gasteiger partial charge in [-0.15, -0.1) is 0 Å². The second-order valence-electron chi connectivity index (χ2n) is 3.38. The summed E-state index contributed by atoms with van der Waals surface area (Å²) in [6, 6.07) is 0. The molecule has 0 fully saturated rings. The molecule has 6 nitrogen and oxygen atoms in total. The zero-order valence-electron chi connectivity index (χ0n) is 8.47. The van der Waals surface area contributed by atoms with Crippen molar-refractivity contribution in [2.45, 2.75) is 38.0 Å². The molecule has 0 amide bonds. The number of nitrogens with zero attached hydrogens (tertiary/aromatic N) is 1. The zero-order valence-corrected chi connectivity index (χ0v) is 8.47. The molecule has 0 aliphatic heterocycles. The summed E-state index contributed by atoms with van der Waals surface area (Å²) in [7, 11) is 1.27. The van der Waals surface area contributed by atoms with Gasteiger partial charge in [0.25, 0.3) is 5.54 Å². The molecule has 0 saturated heterocycles. The first-order chi connectivity index (χ1) is 6.40. The van der Waals surface area contributed by atoms with Gasteiger partial charge in [0, 0.05) is 19.0 Å². The van der Waals surface area contributed by atoms with Crippen LogP contribution in [0.2, 0.25) is 0 Å². The van der Waals surface area contributed by atoms with Crippen molar-refractivity contribution in [3.63, 3.8) is 0 Å². The van der Waals surface area contributed by atoms with Crippen LogP contribution in [0, 0.1) is 10.1 Å². The first-order valence-electron chi connectivity index (χ1n) is 4.19. The number of aliphatic hydroxyl groups excluding tert-OH is 1. The van der Waals surface area contributed by atoms with Crippen LogP contribution < -0.4 is 0 Å². The number of carbonyl (C=O) groups is 1. The SMILES string of the molecule is CO[C@@H]([C@@H](C)O)[C@](C)(CC=O)[N+](=O)[O-]. The fraction of sp³-hybridized carbons (Fsp3) is 0.875. The Hall–Kier alpha value is -1.01. The minimum Gasteiger partial charge on any atom is -0.390 e. The van der Waals surface area contributed by atoms with E-state index in [0.717, 1.165) is 0 Å². The highest BCUT2D eigenvalue weighted by Gasteiger charge is 2.48. The van der Waals surface area contributed by atoms with E-state index in [0.29, 0.717) is 6.29 Å². The summed E-state index contributed by atoms with van der Waals surface area (Å²) < 4.78 is 4.84. The van der Waals surface area contributed by atoms with Crippen LogP contribution in [-0.2, 0) is 9.53 Å². The van der Waals surface area contributed by atoms with Crippen molar-refractivity contribution in [3.8, 4) is 0 Å². The molecule has 0 aromatic rings. The van der Waals surface area contributed by atoms with Gasteiger partial charge in [-0.1, -0.05) is 0 Å². The first-order valence-corrected chi connectivity index (χ1v) is 4.19. The fourth-order valence-electron chi connectivity index (χ4n) is 1.43. The lowest BCUT2D eigenvalue weighted by atomic mass is 9.89. The van der Waals surface area contributed by atoms with Gasteiger partial charge in [0.1, 0.15) is 6.29 Å². The summed E-state index contributed by atoms with van der Waals surface area (Å²) in [4.78, 5) is 20.5. The Bertz CT molecular complexity index is 218. The van der Waals surface area contributed by atoms with Crippen LogP contribution in [0.15, 0.2) is 0 Å². The molecular formula is C8H15NO5. The van der Waals surface area contributed by atoms with E-state index in [-0.39, 0.29) is 6.42 Å². The van der Waals surface area contributed by atoms with Crippen LogP contribution in [0.4, 0.5) is 0 Å². The lowest BCUT2D eigenvalue weighted by Gasteiger charge is -2.29. The largest absolute Gasteiger partial charge is 0.390 e. The van der Waals surface area contributed by atoms with E-state index in [1.165, 1.54) is 21.0 Å². The maximum atomic E-state index is 10.8. The molecule has 3 atom stereocenters. The van der Waals surface area contributed by atoms with Gasteiger partial charge < -0.3 is 14.6 Å². The number of nitro groups is 1. The Balaban J connectivity index is 4.94. The second-order valence-corrected chi connectivity index (χ2v) is 3.38. The van der Waals surface area contributed by atoms with Gasteiger partial charge in [0.2, 0.25) is 0 Å². The van der Waals surface area contributed by atoms with Crippen molar-refractivity contribution in [2.24, 2.45) is 0 Å². The van der Waals surface area contributed by atoms with E-state index in [1.54, 1.807) is 0 Å². The molecule has 6 heteroatoms. The van der Waals surface area contributed by atoms with Crippen LogP contribution >= 0.6 is 0 Å². The summed E-state index contributed by atoms with van der Waals surface area (Å²) in [5, 5.41) is 20.0. The number of methoxy groups -OCH3 is 1. The summed E-state index contributed by atoms with van der Waals surface area (Å²) >= 11 is 0. The molecule has 0 saturated carbocycles.